The third-order valence-corrected chi connectivity index (χ3v) is 4.50. The molecule has 0 spiro atoms. The van der Waals surface area contributed by atoms with E-state index in [9.17, 15) is 0 Å². The van der Waals surface area contributed by atoms with E-state index >= 15 is 0 Å². The van der Waals surface area contributed by atoms with E-state index in [0.717, 1.165) is 34.3 Å². The van der Waals surface area contributed by atoms with Crippen molar-refractivity contribution in [3.8, 4) is 0 Å². The molecule has 0 amide bonds. The Hall–Kier alpha value is -1.95. The van der Waals surface area contributed by atoms with Crippen LogP contribution in [0.25, 0.3) is 10.9 Å². The van der Waals surface area contributed by atoms with Crippen molar-refractivity contribution in [1.29, 1.82) is 0 Å². The highest BCUT2D eigenvalue weighted by Crippen LogP contribution is 2.33. The molecule has 0 N–H and O–H groups in total. The summed E-state index contributed by atoms with van der Waals surface area (Å²) in [6.07, 6.45) is 5.63. The van der Waals surface area contributed by atoms with Gasteiger partial charge in [-0.05, 0) is 40.5 Å². The summed E-state index contributed by atoms with van der Waals surface area (Å²) in [6.45, 7) is 3.93. The van der Waals surface area contributed by atoms with Gasteiger partial charge in [0, 0.05) is 29.1 Å². The molecular weight excluding hydrogens is 330 g/mol. The minimum atomic E-state index is 0.427. The topological polar surface area (TPSA) is 46.8 Å². The average molecular weight is 344 g/mol. The molecule has 1 aliphatic rings. The molecule has 5 nitrogen and oxygen atoms in total. The van der Waals surface area contributed by atoms with Crippen molar-refractivity contribution in [1.82, 2.24) is 19.7 Å². The monoisotopic (exact) mass is 343 g/mol. The molecule has 0 bridgehead atoms. The molecule has 1 saturated heterocycles. The van der Waals surface area contributed by atoms with E-state index in [-0.39, 0.29) is 0 Å². The zero-order valence-electron chi connectivity index (χ0n) is 11.6. The fourth-order valence-corrected chi connectivity index (χ4v) is 3.19. The maximum atomic E-state index is 4.47. The largest absolute Gasteiger partial charge is 0.352 e. The molecule has 21 heavy (non-hydrogen) atoms. The second-order valence-corrected chi connectivity index (χ2v) is 6.24. The Balaban J connectivity index is 1.63. The number of nitrogens with zero attached hydrogens (tertiary/aromatic N) is 5. The highest BCUT2D eigenvalue weighted by Gasteiger charge is 2.30. The number of hydrogen-bond acceptors (Lipinski definition) is 4. The van der Waals surface area contributed by atoms with Gasteiger partial charge in [-0.2, -0.15) is 5.10 Å². The lowest BCUT2D eigenvalue weighted by Gasteiger charge is -2.40. The standard InChI is InChI=1S/C15H14BrN5/c1-10-5-19-21(6-10)11-7-20(8-11)15-12-3-2-4-13(16)14(12)17-9-18-15/h2-6,9,11H,7-8H2,1H3. The van der Waals surface area contributed by atoms with Gasteiger partial charge in [-0.15, -0.1) is 0 Å². The Kier molecular flexibility index (Phi) is 2.92. The van der Waals surface area contributed by atoms with Gasteiger partial charge in [-0.1, -0.05) is 6.07 Å². The molecule has 4 rings (SSSR count). The lowest BCUT2D eigenvalue weighted by atomic mass is 10.1. The van der Waals surface area contributed by atoms with E-state index in [1.807, 2.05) is 23.0 Å². The van der Waals surface area contributed by atoms with Crippen LogP contribution in [0.3, 0.4) is 0 Å². The molecule has 3 heterocycles. The van der Waals surface area contributed by atoms with Crippen molar-refractivity contribution in [2.75, 3.05) is 18.0 Å². The summed E-state index contributed by atoms with van der Waals surface area (Å²) < 4.78 is 3.05. The van der Waals surface area contributed by atoms with Gasteiger partial charge in [0.2, 0.25) is 0 Å². The van der Waals surface area contributed by atoms with E-state index < -0.39 is 0 Å². The minimum absolute atomic E-state index is 0.427. The zero-order chi connectivity index (χ0) is 14.4. The first-order valence-corrected chi connectivity index (χ1v) is 7.66. The second-order valence-electron chi connectivity index (χ2n) is 5.39. The van der Waals surface area contributed by atoms with Crippen LogP contribution in [0.4, 0.5) is 5.82 Å². The normalized spacial score (nSPS) is 15.4. The first-order valence-electron chi connectivity index (χ1n) is 6.87. The predicted octanol–water partition coefficient (Wildman–Crippen LogP) is 2.96. The number of aromatic nitrogens is 4. The molecule has 1 aromatic carbocycles. The number of hydrogen-bond donors (Lipinski definition) is 0. The van der Waals surface area contributed by atoms with E-state index in [2.05, 4.69) is 55.1 Å². The Bertz CT molecular complexity index is 807. The number of rotatable bonds is 2. The van der Waals surface area contributed by atoms with Crippen LogP contribution in [0.15, 0.2) is 41.4 Å². The number of fused-ring (bicyclic) bond motifs is 1. The van der Waals surface area contributed by atoms with Crippen LogP contribution < -0.4 is 4.90 Å². The number of halogens is 1. The van der Waals surface area contributed by atoms with Crippen LogP contribution in [0.1, 0.15) is 11.6 Å². The molecule has 1 fully saturated rings. The molecule has 3 aromatic rings. The first-order chi connectivity index (χ1) is 10.2. The van der Waals surface area contributed by atoms with Crippen molar-refractivity contribution >= 4 is 32.7 Å². The molecule has 0 atom stereocenters. The molecule has 0 saturated carbocycles. The van der Waals surface area contributed by atoms with Crippen LogP contribution in [0, 0.1) is 6.92 Å². The fourth-order valence-electron chi connectivity index (χ4n) is 2.72. The zero-order valence-corrected chi connectivity index (χ0v) is 13.2. The van der Waals surface area contributed by atoms with Gasteiger partial charge in [0.05, 0.1) is 17.8 Å². The Morgan fingerprint density at radius 1 is 1.24 bits per heavy atom. The summed E-state index contributed by atoms with van der Waals surface area (Å²) in [6, 6.07) is 6.52. The lowest BCUT2D eigenvalue weighted by Crippen LogP contribution is -2.48. The molecular formula is C15H14BrN5. The Morgan fingerprint density at radius 3 is 2.86 bits per heavy atom. The molecule has 0 radical (unpaired) electrons. The van der Waals surface area contributed by atoms with Crippen molar-refractivity contribution in [2.24, 2.45) is 0 Å². The highest BCUT2D eigenvalue weighted by atomic mass is 79.9. The van der Waals surface area contributed by atoms with Gasteiger partial charge in [-0.3, -0.25) is 4.68 Å². The first kappa shape index (κ1) is 12.8. The van der Waals surface area contributed by atoms with Gasteiger partial charge < -0.3 is 4.90 Å². The van der Waals surface area contributed by atoms with Crippen LogP contribution in [0.5, 0.6) is 0 Å². The number of benzene rings is 1. The summed E-state index contributed by atoms with van der Waals surface area (Å²) in [5, 5.41) is 5.48. The van der Waals surface area contributed by atoms with E-state index in [1.54, 1.807) is 6.33 Å². The van der Waals surface area contributed by atoms with E-state index in [1.165, 1.54) is 5.56 Å². The quantitative estimate of drug-likeness (QED) is 0.717. The Labute approximate surface area is 130 Å². The molecule has 0 aliphatic carbocycles. The fraction of sp³-hybridized carbons (Fsp3) is 0.267. The second kappa shape index (κ2) is 4.80. The molecule has 2 aromatic heterocycles. The van der Waals surface area contributed by atoms with Gasteiger partial charge in [0.25, 0.3) is 0 Å². The average Bonchev–Trinajstić information content (AvgIpc) is 2.84. The SMILES string of the molecule is Cc1cnn(C2CN(c3ncnc4c(Br)cccc34)C2)c1. The maximum Gasteiger partial charge on any atom is 0.140 e. The molecule has 0 unspecified atom stereocenters. The van der Waals surface area contributed by atoms with E-state index in [0.29, 0.717) is 6.04 Å². The van der Waals surface area contributed by atoms with Crippen LogP contribution in [-0.4, -0.2) is 32.8 Å². The number of anilines is 1. The van der Waals surface area contributed by atoms with Gasteiger partial charge in [0.15, 0.2) is 0 Å². The van der Waals surface area contributed by atoms with E-state index in [4.69, 9.17) is 0 Å². The highest BCUT2D eigenvalue weighted by molar-refractivity contribution is 9.10. The van der Waals surface area contributed by atoms with Gasteiger partial charge in [0.1, 0.15) is 12.1 Å². The van der Waals surface area contributed by atoms with Crippen LogP contribution in [-0.2, 0) is 0 Å². The number of para-hydroxylation sites is 1. The van der Waals surface area contributed by atoms with Crippen molar-refractivity contribution in [3.05, 3.63) is 47.0 Å². The third kappa shape index (κ3) is 2.10. The maximum absolute atomic E-state index is 4.47. The smallest absolute Gasteiger partial charge is 0.140 e. The van der Waals surface area contributed by atoms with Gasteiger partial charge >= 0.3 is 0 Å². The lowest BCUT2D eigenvalue weighted by molar-refractivity contribution is 0.366. The number of aryl methyl sites for hydroxylation is 1. The summed E-state index contributed by atoms with van der Waals surface area (Å²) in [4.78, 5) is 11.1. The molecule has 106 valence electrons. The van der Waals surface area contributed by atoms with Crippen LogP contribution in [0.2, 0.25) is 0 Å². The van der Waals surface area contributed by atoms with Crippen molar-refractivity contribution < 1.29 is 0 Å². The minimum Gasteiger partial charge on any atom is -0.352 e. The third-order valence-electron chi connectivity index (χ3n) is 3.86. The summed E-state index contributed by atoms with van der Waals surface area (Å²) in [5.74, 6) is 1.00. The summed E-state index contributed by atoms with van der Waals surface area (Å²) in [7, 11) is 0. The van der Waals surface area contributed by atoms with Crippen molar-refractivity contribution in [3.63, 3.8) is 0 Å². The molecule has 1 aliphatic heterocycles. The summed E-state index contributed by atoms with van der Waals surface area (Å²) in [5.41, 5.74) is 2.16. The predicted molar refractivity (Wildman–Crippen MR) is 85.5 cm³/mol. The Morgan fingerprint density at radius 2 is 2.10 bits per heavy atom. The van der Waals surface area contributed by atoms with Crippen molar-refractivity contribution in [2.45, 2.75) is 13.0 Å². The summed E-state index contributed by atoms with van der Waals surface area (Å²) >= 11 is 3.55. The van der Waals surface area contributed by atoms with Crippen LogP contribution >= 0.6 is 15.9 Å². The van der Waals surface area contributed by atoms with Gasteiger partial charge in [-0.25, -0.2) is 9.97 Å². The molecule has 6 heteroatoms.